The van der Waals surface area contributed by atoms with Crippen LogP contribution in [0.1, 0.15) is 26.7 Å². The van der Waals surface area contributed by atoms with Crippen molar-refractivity contribution < 1.29 is 9.53 Å². The van der Waals surface area contributed by atoms with Crippen LogP contribution in [0.5, 0.6) is 0 Å². The third-order valence-corrected chi connectivity index (χ3v) is 4.94. The average molecular weight is 244 g/mol. The predicted octanol–water partition coefficient (Wildman–Crippen LogP) is 1.54. The molecule has 4 heteroatoms. The zero-order chi connectivity index (χ0) is 11.5. The van der Waals surface area contributed by atoms with Crippen LogP contribution < -0.4 is 5.32 Å². The van der Waals surface area contributed by atoms with Crippen LogP contribution in [-0.4, -0.2) is 30.0 Å². The summed E-state index contributed by atoms with van der Waals surface area (Å²) in [6.45, 7) is 3.76. The Kier molecular flexibility index (Phi) is 2.28. The summed E-state index contributed by atoms with van der Waals surface area (Å²) in [5.74, 6) is 1.94. The van der Waals surface area contributed by atoms with Gasteiger partial charge in [-0.05, 0) is 38.5 Å². The first kappa shape index (κ1) is 10.8. The number of hydrogen-bond donors (Lipinski definition) is 1. The van der Waals surface area contributed by atoms with Crippen molar-refractivity contribution in [3.8, 4) is 0 Å². The lowest BCUT2D eigenvalue weighted by Crippen LogP contribution is -2.48. The maximum atomic E-state index is 12.0. The number of hydrogen-bond acceptors (Lipinski definition) is 2. The summed E-state index contributed by atoms with van der Waals surface area (Å²) in [7, 11) is 0. The van der Waals surface area contributed by atoms with Crippen molar-refractivity contribution in [1.29, 1.82) is 0 Å². The number of carbonyl (C=O) groups excluding carboxylic acids is 1. The first-order valence-electron chi connectivity index (χ1n) is 6.05. The van der Waals surface area contributed by atoms with E-state index in [-0.39, 0.29) is 18.1 Å². The Morgan fingerprint density at radius 1 is 1.44 bits per heavy atom. The number of amides is 1. The fraction of sp³-hybridized carbons (Fsp3) is 0.917. The molecular formula is C12H18ClNO2. The standard InChI is InChI=1S/C12H18ClNO2/c1-12(2,5-13)11(15)14-8-4-9-6-3-7(6)10(8)16-9/h6-10H,3-5H2,1-2H3,(H,14,15). The Labute approximate surface area is 101 Å². The van der Waals surface area contributed by atoms with Crippen molar-refractivity contribution in [1.82, 2.24) is 5.32 Å². The van der Waals surface area contributed by atoms with E-state index in [0.29, 0.717) is 12.0 Å². The first-order valence-corrected chi connectivity index (χ1v) is 6.59. The Morgan fingerprint density at radius 3 is 2.75 bits per heavy atom. The molecule has 90 valence electrons. The van der Waals surface area contributed by atoms with E-state index in [0.717, 1.165) is 18.3 Å². The van der Waals surface area contributed by atoms with E-state index in [1.807, 2.05) is 13.8 Å². The largest absolute Gasteiger partial charge is 0.372 e. The van der Waals surface area contributed by atoms with Gasteiger partial charge in [-0.2, -0.15) is 0 Å². The van der Waals surface area contributed by atoms with Crippen LogP contribution in [0.3, 0.4) is 0 Å². The van der Waals surface area contributed by atoms with Gasteiger partial charge in [0.05, 0.1) is 23.7 Å². The summed E-state index contributed by atoms with van der Waals surface area (Å²) in [4.78, 5) is 12.0. The number of alkyl halides is 1. The van der Waals surface area contributed by atoms with Crippen molar-refractivity contribution in [3.63, 3.8) is 0 Å². The van der Waals surface area contributed by atoms with Crippen molar-refractivity contribution in [2.75, 3.05) is 5.88 Å². The van der Waals surface area contributed by atoms with E-state index >= 15 is 0 Å². The molecule has 0 radical (unpaired) electrons. The summed E-state index contributed by atoms with van der Waals surface area (Å²) in [6, 6.07) is 0.226. The molecule has 1 saturated carbocycles. The van der Waals surface area contributed by atoms with Gasteiger partial charge in [-0.1, -0.05) is 0 Å². The van der Waals surface area contributed by atoms with Gasteiger partial charge in [0.1, 0.15) is 0 Å². The zero-order valence-corrected chi connectivity index (χ0v) is 10.5. The Hall–Kier alpha value is -0.280. The summed E-state index contributed by atoms with van der Waals surface area (Å²) in [5.41, 5.74) is -0.480. The molecule has 1 aliphatic carbocycles. The minimum atomic E-state index is -0.480. The first-order chi connectivity index (χ1) is 7.53. The quantitative estimate of drug-likeness (QED) is 0.764. The van der Waals surface area contributed by atoms with Gasteiger partial charge in [0, 0.05) is 5.88 Å². The molecule has 5 unspecified atom stereocenters. The number of fused-ring (bicyclic) bond motifs is 5. The summed E-state index contributed by atoms with van der Waals surface area (Å²) in [5, 5.41) is 3.11. The fourth-order valence-electron chi connectivity index (χ4n) is 3.02. The number of ether oxygens (including phenoxy) is 1. The van der Waals surface area contributed by atoms with Gasteiger partial charge >= 0.3 is 0 Å². The molecule has 3 rings (SSSR count). The average Bonchev–Trinajstić information content (AvgIpc) is 2.87. The zero-order valence-electron chi connectivity index (χ0n) is 9.70. The molecule has 3 nitrogen and oxygen atoms in total. The Balaban J connectivity index is 1.62. The van der Waals surface area contributed by atoms with E-state index in [9.17, 15) is 4.79 Å². The molecule has 2 aliphatic heterocycles. The summed E-state index contributed by atoms with van der Waals surface area (Å²) >= 11 is 5.80. The molecule has 1 N–H and O–H groups in total. The molecule has 0 aromatic heterocycles. The third-order valence-electron chi connectivity index (χ3n) is 4.27. The van der Waals surface area contributed by atoms with Crippen molar-refractivity contribution >= 4 is 17.5 Å². The van der Waals surface area contributed by atoms with E-state index in [1.54, 1.807) is 0 Å². The minimum absolute atomic E-state index is 0.0563. The highest BCUT2D eigenvalue weighted by atomic mass is 35.5. The second-order valence-electron chi connectivity index (χ2n) is 6.04. The van der Waals surface area contributed by atoms with Crippen molar-refractivity contribution in [3.05, 3.63) is 0 Å². The van der Waals surface area contributed by atoms with Crippen LogP contribution >= 0.6 is 11.6 Å². The van der Waals surface area contributed by atoms with E-state index in [2.05, 4.69) is 5.32 Å². The van der Waals surface area contributed by atoms with Gasteiger partial charge in [0.2, 0.25) is 5.91 Å². The van der Waals surface area contributed by atoms with Gasteiger partial charge in [0.15, 0.2) is 0 Å². The molecule has 5 atom stereocenters. The van der Waals surface area contributed by atoms with Gasteiger partial charge < -0.3 is 10.1 Å². The van der Waals surface area contributed by atoms with Crippen molar-refractivity contribution in [2.45, 2.75) is 44.9 Å². The molecule has 0 aromatic rings. The Bertz CT molecular complexity index is 331. The normalized spacial score (nSPS) is 44.3. The second kappa shape index (κ2) is 3.36. The highest BCUT2D eigenvalue weighted by Gasteiger charge is 2.63. The number of halogens is 1. The molecule has 0 spiro atoms. The second-order valence-corrected chi connectivity index (χ2v) is 6.30. The third kappa shape index (κ3) is 1.48. The molecule has 3 fully saturated rings. The van der Waals surface area contributed by atoms with Gasteiger partial charge in [-0.25, -0.2) is 0 Å². The Morgan fingerprint density at radius 2 is 2.19 bits per heavy atom. The van der Waals surface area contributed by atoms with Crippen LogP contribution in [0.4, 0.5) is 0 Å². The van der Waals surface area contributed by atoms with Crippen LogP contribution in [0, 0.1) is 17.3 Å². The van der Waals surface area contributed by atoms with Crippen LogP contribution in [-0.2, 0) is 9.53 Å². The predicted molar refractivity (Wildman–Crippen MR) is 61.3 cm³/mol. The smallest absolute Gasteiger partial charge is 0.227 e. The number of nitrogens with one attached hydrogen (secondary N) is 1. The maximum Gasteiger partial charge on any atom is 0.227 e. The lowest BCUT2D eigenvalue weighted by Gasteiger charge is -2.26. The van der Waals surface area contributed by atoms with E-state index < -0.39 is 5.41 Å². The fourth-order valence-corrected chi connectivity index (χ4v) is 3.14. The molecular weight excluding hydrogens is 226 g/mol. The highest BCUT2D eigenvalue weighted by Crippen LogP contribution is 2.58. The minimum Gasteiger partial charge on any atom is -0.372 e. The number of rotatable bonds is 3. The number of carbonyl (C=O) groups is 1. The molecule has 2 bridgehead atoms. The summed E-state index contributed by atoms with van der Waals surface area (Å²) < 4.78 is 5.85. The van der Waals surface area contributed by atoms with Crippen molar-refractivity contribution in [2.24, 2.45) is 17.3 Å². The molecule has 2 saturated heterocycles. The molecule has 3 aliphatic rings. The van der Waals surface area contributed by atoms with E-state index in [1.165, 1.54) is 6.42 Å². The molecule has 2 heterocycles. The topological polar surface area (TPSA) is 38.3 Å². The summed E-state index contributed by atoms with van der Waals surface area (Å²) in [6.07, 6.45) is 3.00. The van der Waals surface area contributed by atoms with E-state index in [4.69, 9.17) is 16.3 Å². The monoisotopic (exact) mass is 243 g/mol. The lowest BCUT2D eigenvalue weighted by molar-refractivity contribution is -0.129. The lowest BCUT2D eigenvalue weighted by atomic mass is 9.91. The van der Waals surface area contributed by atoms with Crippen LogP contribution in [0.25, 0.3) is 0 Å². The maximum absolute atomic E-state index is 12.0. The van der Waals surface area contributed by atoms with Gasteiger partial charge in [-0.15, -0.1) is 11.6 Å². The van der Waals surface area contributed by atoms with Gasteiger partial charge in [0.25, 0.3) is 0 Å². The molecule has 16 heavy (non-hydrogen) atoms. The highest BCUT2D eigenvalue weighted by molar-refractivity contribution is 6.19. The van der Waals surface area contributed by atoms with Gasteiger partial charge in [-0.3, -0.25) is 4.79 Å². The van der Waals surface area contributed by atoms with Crippen LogP contribution in [0.15, 0.2) is 0 Å². The molecule has 1 amide bonds. The molecule has 0 aromatic carbocycles. The SMILES string of the molecule is CC(C)(CCl)C(=O)NC1CC2OC1C1CC21. The van der Waals surface area contributed by atoms with Crippen LogP contribution in [0.2, 0.25) is 0 Å².